The number of hydrogen-bond acceptors (Lipinski definition) is 5. The van der Waals surface area contributed by atoms with Crippen molar-refractivity contribution >= 4 is 26.6 Å². The monoisotopic (exact) mass is 342 g/mol. The highest BCUT2D eigenvalue weighted by atomic mass is 32.2. The Hall–Kier alpha value is -2.90. The van der Waals surface area contributed by atoms with Crippen LogP contribution in [0.3, 0.4) is 0 Å². The summed E-state index contributed by atoms with van der Waals surface area (Å²) in [6.45, 7) is 0. The summed E-state index contributed by atoms with van der Waals surface area (Å²) in [6, 6.07) is 12.2. The summed E-state index contributed by atoms with van der Waals surface area (Å²) in [6.07, 6.45) is 5.39. The first kappa shape index (κ1) is 16.0. The van der Waals surface area contributed by atoms with Crippen molar-refractivity contribution in [3.63, 3.8) is 0 Å². The number of benzene rings is 2. The Morgan fingerprint density at radius 2 is 1.79 bits per heavy atom. The zero-order chi connectivity index (χ0) is 17.2. The molecule has 0 aromatic heterocycles. The van der Waals surface area contributed by atoms with Crippen LogP contribution in [0.15, 0.2) is 83.1 Å². The van der Waals surface area contributed by atoms with Gasteiger partial charge in [0.25, 0.3) is 10.0 Å². The third-order valence-corrected chi connectivity index (χ3v) is 4.74. The molecule has 1 aliphatic carbocycles. The average molecular weight is 342 g/mol. The molecular formula is C17H14N2O4S. The number of fused-ring (bicyclic) bond motifs is 1. The molecule has 2 aromatic carbocycles. The van der Waals surface area contributed by atoms with Gasteiger partial charge in [0, 0.05) is 11.8 Å². The van der Waals surface area contributed by atoms with Gasteiger partial charge in [-0.25, -0.2) is 8.42 Å². The molecule has 2 aromatic rings. The van der Waals surface area contributed by atoms with Crippen LogP contribution in [0.5, 0.6) is 0 Å². The van der Waals surface area contributed by atoms with Gasteiger partial charge >= 0.3 is 0 Å². The highest BCUT2D eigenvalue weighted by Gasteiger charge is 2.16. The van der Waals surface area contributed by atoms with Crippen LogP contribution in [-0.4, -0.2) is 19.3 Å². The fourth-order valence-electron chi connectivity index (χ4n) is 2.23. The van der Waals surface area contributed by atoms with E-state index in [4.69, 9.17) is 0 Å². The third kappa shape index (κ3) is 3.22. The minimum absolute atomic E-state index is 0.0976. The summed E-state index contributed by atoms with van der Waals surface area (Å²) in [5, 5.41) is 11.1. The highest BCUT2D eigenvalue weighted by molar-refractivity contribution is 7.89. The molecule has 0 spiro atoms. The number of hydrazine groups is 1. The molecule has 3 rings (SSSR count). The summed E-state index contributed by atoms with van der Waals surface area (Å²) in [7, 11) is -3.80. The maximum absolute atomic E-state index is 12.3. The first-order chi connectivity index (χ1) is 11.5. The molecule has 122 valence electrons. The summed E-state index contributed by atoms with van der Waals surface area (Å²) in [4.78, 5) is 13.9. The summed E-state index contributed by atoms with van der Waals surface area (Å²) in [5.41, 5.74) is 2.52. The molecule has 24 heavy (non-hydrogen) atoms. The zero-order valence-electron chi connectivity index (χ0n) is 12.4. The fourth-order valence-corrected chi connectivity index (χ4v) is 3.10. The van der Waals surface area contributed by atoms with Gasteiger partial charge in [-0.3, -0.25) is 4.79 Å². The van der Waals surface area contributed by atoms with Gasteiger partial charge in [0.05, 0.1) is 4.90 Å². The van der Waals surface area contributed by atoms with Crippen molar-refractivity contribution in [1.82, 2.24) is 10.3 Å². The van der Waals surface area contributed by atoms with E-state index in [0.29, 0.717) is 0 Å². The number of aliphatic hydroxyl groups excluding tert-OH is 1. The molecule has 6 nitrogen and oxygen atoms in total. The first-order valence-electron chi connectivity index (χ1n) is 7.06. The molecule has 0 aliphatic heterocycles. The molecule has 0 amide bonds. The van der Waals surface area contributed by atoms with Gasteiger partial charge < -0.3 is 10.5 Å². The van der Waals surface area contributed by atoms with Crippen LogP contribution in [0.25, 0.3) is 10.8 Å². The largest absolute Gasteiger partial charge is 0.504 e. The van der Waals surface area contributed by atoms with E-state index in [1.165, 1.54) is 30.5 Å². The van der Waals surface area contributed by atoms with Crippen molar-refractivity contribution in [2.45, 2.75) is 4.90 Å². The number of Topliss-reactive ketones (excluding diaryl/α,β-unsaturated/α-hetero) is 1. The Morgan fingerprint density at radius 1 is 1.04 bits per heavy atom. The van der Waals surface area contributed by atoms with Crippen LogP contribution < -0.4 is 10.3 Å². The predicted molar refractivity (Wildman–Crippen MR) is 90.3 cm³/mol. The molecule has 0 heterocycles. The van der Waals surface area contributed by atoms with E-state index in [0.717, 1.165) is 10.8 Å². The number of aliphatic hydroxyl groups is 1. The Balaban J connectivity index is 1.77. The number of nitrogens with one attached hydrogen (secondary N) is 2. The number of carbonyl (C=O) groups excluding carboxylic acids is 1. The minimum atomic E-state index is -3.80. The lowest BCUT2D eigenvalue weighted by molar-refractivity contribution is -0.114. The number of hydrogen-bond donors (Lipinski definition) is 3. The van der Waals surface area contributed by atoms with Gasteiger partial charge in [-0.2, -0.15) is 0 Å². The molecule has 0 saturated carbocycles. The van der Waals surface area contributed by atoms with Crippen LogP contribution in [0.1, 0.15) is 0 Å². The summed E-state index contributed by atoms with van der Waals surface area (Å²) < 4.78 is 24.6. The summed E-state index contributed by atoms with van der Waals surface area (Å²) >= 11 is 0. The summed E-state index contributed by atoms with van der Waals surface area (Å²) in [5.74, 6) is -0.988. The zero-order valence-corrected chi connectivity index (χ0v) is 13.2. The number of carbonyl (C=O) groups is 1. The molecule has 0 saturated heterocycles. The maximum atomic E-state index is 12.3. The molecule has 7 heteroatoms. The second-order valence-electron chi connectivity index (χ2n) is 5.10. The molecule has 0 fully saturated rings. The third-order valence-electron chi connectivity index (χ3n) is 3.48. The molecule has 3 N–H and O–H groups in total. The molecule has 0 atom stereocenters. The highest BCUT2D eigenvalue weighted by Crippen LogP contribution is 2.18. The van der Waals surface area contributed by atoms with Crippen LogP contribution in [0.2, 0.25) is 0 Å². The number of sulfonamides is 1. The first-order valence-corrected chi connectivity index (χ1v) is 8.54. The number of ketones is 1. The van der Waals surface area contributed by atoms with Gasteiger partial charge in [0.2, 0.25) is 5.78 Å². The maximum Gasteiger partial charge on any atom is 0.257 e. The Morgan fingerprint density at radius 3 is 2.58 bits per heavy atom. The van der Waals surface area contributed by atoms with Crippen molar-refractivity contribution in [1.29, 1.82) is 0 Å². The van der Waals surface area contributed by atoms with Crippen LogP contribution in [0.4, 0.5) is 0 Å². The number of rotatable bonds is 4. The second-order valence-corrected chi connectivity index (χ2v) is 6.78. The van der Waals surface area contributed by atoms with Gasteiger partial charge in [-0.15, -0.1) is 4.83 Å². The van der Waals surface area contributed by atoms with Crippen LogP contribution >= 0.6 is 0 Å². The van der Waals surface area contributed by atoms with Gasteiger partial charge in [0.15, 0.2) is 5.76 Å². The molecule has 0 bridgehead atoms. The lowest BCUT2D eigenvalue weighted by Gasteiger charge is -2.09. The topological polar surface area (TPSA) is 95.5 Å². The normalized spacial score (nSPS) is 16.4. The SMILES string of the molecule is O=C1C(O)=CC=C/C1=C\NNS(=O)(=O)c1ccc2ccccc2c1. The van der Waals surface area contributed by atoms with Crippen molar-refractivity contribution in [3.05, 3.63) is 78.2 Å². The van der Waals surface area contributed by atoms with E-state index < -0.39 is 21.6 Å². The fraction of sp³-hybridized carbons (Fsp3) is 0. The van der Waals surface area contributed by atoms with E-state index in [1.807, 2.05) is 24.3 Å². The van der Waals surface area contributed by atoms with Crippen molar-refractivity contribution in [2.75, 3.05) is 0 Å². The van der Waals surface area contributed by atoms with Crippen LogP contribution in [0, 0.1) is 0 Å². The Bertz CT molecular complexity index is 1000. The van der Waals surface area contributed by atoms with Gasteiger partial charge in [-0.1, -0.05) is 36.4 Å². The van der Waals surface area contributed by atoms with E-state index >= 15 is 0 Å². The van der Waals surface area contributed by atoms with Crippen LogP contribution in [-0.2, 0) is 14.8 Å². The Labute approximate surface area is 138 Å². The molecular weight excluding hydrogens is 328 g/mol. The van der Waals surface area contributed by atoms with Crippen molar-refractivity contribution in [3.8, 4) is 0 Å². The molecule has 1 aliphatic rings. The lowest BCUT2D eigenvalue weighted by atomic mass is 10.1. The van der Waals surface area contributed by atoms with Crippen molar-refractivity contribution in [2.24, 2.45) is 0 Å². The van der Waals surface area contributed by atoms with E-state index in [2.05, 4.69) is 10.3 Å². The van der Waals surface area contributed by atoms with E-state index in [1.54, 1.807) is 12.1 Å². The van der Waals surface area contributed by atoms with Crippen molar-refractivity contribution < 1.29 is 18.3 Å². The molecule has 0 unspecified atom stereocenters. The smallest absolute Gasteiger partial charge is 0.257 e. The average Bonchev–Trinajstić information content (AvgIpc) is 2.58. The quantitative estimate of drug-likeness (QED) is 0.584. The minimum Gasteiger partial charge on any atom is -0.504 e. The molecule has 0 radical (unpaired) electrons. The van der Waals surface area contributed by atoms with Gasteiger partial charge in [-0.05, 0) is 35.1 Å². The second kappa shape index (κ2) is 6.31. The van der Waals surface area contributed by atoms with Gasteiger partial charge in [0.1, 0.15) is 0 Å². The predicted octanol–water partition coefficient (Wildman–Crippen LogP) is 2.09. The van der Waals surface area contributed by atoms with E-state index in [9.17, 15) is 18.3 Å². The standard InChI is InChI=1S/C17H14N2O4S/c20-16-7-3-6-14(17(16)21)11-18-19-24(22,23)15-9-8-12-4-1-2-5-13(12)10-15/h1-11,18-20H/b14-11+. The number of allylic oxidation sites excluding steroid dienone is 4. The van der Waals surface area contributed by atoms with E-state index in [-0.39, 0.29) is 10.5 Å². The Kier molecular flexibility index (Phi) is 4.20. The lowest BCUT2D eigenvalue weighted by Crippen LogP contribution is -2.34.